The summed E-state index contributed by atoms with van der Waals surface area (Å²) in [7, 11) is 1.24. The van der Waals surface area contributed by atoms with E-state index in [0.29, 0.717) is 16.9 Å². The number of nitrogens with zero attached hydrogens (tertiary/aromatic N) is 3. The minimum absolute atomic E-state index is 0.0953. The second-order valence-corrected chi connectivity index (χ2v) is 8.35. The first-order valence-corrected chi connectivity index (χ1v) is 11.9. The molecule has 0 aliphatic carbocycles. The number of hydrogen-bond acceptors (Lipinski definition) is 7. The number of benzene rings is 3. The number of nitrogens with one attached hydrogen (secondary N) is 3. The Bertz CT molecular complexity index is 1430. The number of ether oxygens (including phenoxy) is 1. The predicted molar refractivity (Wildman–Crippen MR) is 154 cm³/mol. The molecule has 40 heavy (non-hydrogen) atoms. The number of amides is 3. The minimum atomic E-state index is -1.10. The summed E-state index contributed by atoms with van der Waals surface area (Å²) in [6, 6.07) is 16.4. The lowest BCUT2D eigenvalue weighted by Gasteiger charge is -2.19. The molecule has 0 aromatic heterocycles. The molecule has 5 N–H and O–H groups in total. The van der Waals surface area contributed by atoms with Gasteiger partial charge in [0.25, 0.3) is 5.91 Å². The van der Waals surface area contributed by atoms with Crippen LogP contribution in [0.1, 0.15) is 17.2 Å². The molecule has 0 radical (unpaired) electrons. The van der Waals surface area contributed by atoms with E-state index in [1.165, 1.54) is 25.3 Å². The Morgan fingerprint density at radius 2 is 1.70 bits per heavy atom. The Balaban J connectivity index is 1.81. The van der Waals surface area contributed by atoms with Gasteiger partial charge in [0.2, 0.25) is 5.91 Å². The van der Waals surface area contributed by atoms with Crippen LogP contribution in [-0.2, 0) is 14.3 Å². The Kier molecular flexibility index (Phi) is 10.5. The maximum atomic E-state index is 14.8. The van der Waals surface area contributed by atoms with E-state index in [2.05, 4.69) is 37.6 Å². The van der Waals surface area contributed by atoms with Crippen LogP contribution in [0.15, 0.2) is 83.0 Å². The van der Waals surface area contributed by atoms with E-state index in [9.17, 15) is 18.8 Å². The van der Waals surface area contributed by atoms with Crippen LogP contribution in [0.3, 0.4) is 0 Å². The highest BCUT2D eigenvalue weighted by Crippen LogP contribution is 2.28. The molecule has 0 saturated carbocycles. The number of carbonyl (C=O) groups is 3. The van der Waals surface area contributed by atoms with Crippen LogP contribution >= 0.6 is 11.6 Å². The molecule has 0 spiro atoms. The van der Waals surface area contributed by atoms with Gasteiger partial charge < -0.3 is 15.4 Å². The lowest BCUT2D eigenvalue weighted by molar-refractivity contribution is -0.123. The summed E-state index contributed by atoms with van der Waals surface area (Å²) in [5.41, 5.74) is 1.42. The summed E-state index contributed by atoms with van der Waals surface area (Å²) in [5, 5.41) is 15.5. The Morgan fingerprint density at radius 1 is 1.05 bits per heavy atom. The van der Waals surface area contributed by atoms with Gasteiger partial charge in [-0.15, -0.1) is 5.10 Å². The van der Waals surface area contributed by atoms with Crippen LogP contribution in [0.2, 0.25) is 5.02 Å². The highest BCUT2D eigenvalue weighted by atomic mass is 35.5. The molecular weight excluding hydrogens is 541 g/mol. The Morgan fingerprint density at radius 3 is 2.33 bits per heavy atom. The molecule has 11 nitrogen and oxygen atoms in total. The topological polar surface area (TPSA) is 151 Å². The van der Waals surface area contributed by atoms with Crippen molar-refractivity contribution in [1.82, 2.24) is 5.32 Å². The zero-order valence-electron chi connectivity index (χ0n) is 21.2. The molecule has 1 unspecified atom stereocenters. The van der Waals surface area contributed by atoms with Gasteiger partial charge in [0.1, 0.15) is 12.4 Å². The fraction of sp³-hybridized carbons (Fsp3) is 0.0741. The van der Waals surface area contributed by atoms with Crippen molar-refractivity contribution in [3.63, 3.8) is 0 Å². The quantitative estimate of drug-likeness (QED) is 0.0935. The van der Waals surface area contributed by atoms with Gasteiger partial charge in [0, 0.05) is 29.7 Å². The third-order valence-electron chi connectivity index (χ3n) is 5.31. The number of rotatable bonds is 10. The van der Waals surface area contributed by atoms with E-state index < -0.39 is 29.8 Å². The molecule has 0 saturated heterocycles. The number of hydrazine groups is 1. The molecule has 1 atom stereocenters. The van der Waals surface area contributed by atoms with E-state index in [1.54, 1.807) is 54.6 Å². The molecule has 0 aliphatic rings. The van der Waals surface area contributed by atoms with Crippen molar-refractivity contribution in [3.05, 3.63) is 94.8 Å². The first-order chi connectivity index (χ1) is 19.2. The Hall–Kier alpha value is -5.07. The van der Waals surface area contributed by atoms with Crippen LogP contribution < -0.4 is 26.8 Å². The normalized spacial score (nSPS) is 11.6. The van der Waals surface area contributed by atoms with Crippen molar-refractivity contribution >= 4 is 65.7 Å². The van der Waals surface area contributed by atoms with Gasteiger partial charge in [-0.2, -0.15) is 5.10 Å². The molecule has 0 bridgehead atoms. The third kappa shape index (κ3) is 7.96. The van der Waals surface area contributed by atoms with E-state index in [-0.39, 0.29) is 16.3 Å². The summed E-state index contributed by atoms with van der Waals surface area (Å²) >= 11 is 5.92. The molecule has 3 rings (SSSR count). The summed E-state index contributed by atoms with van der Waals surface area (Å²) < 4.78 is 19.4. The Labute approximate surface area is 234 Å². The summed E-state index contributed by atoms with van der Waals surface area (Å²) in [4.78, 5) is 37.5. The van der Waals surface area contributed by atoms with Gasteiger partial charge in [-0.05, 0) is 48.0 Å². The summed E-state index contributed by atoms with van der Waals surface area (Å²) in [6.45, 7) is 3.21. The standard InChI is InChI=1S/C27H25ClFN7O4/c1-31-32-16-36(30)22-14-13-21(28)24(29)20(22)12-15-23(37)35-25(17-6-4-3-5-7-17)26(38)33-18-8-10-19(11-9-18)34-27(39)40-2/h3-16,25H,1,30H2,2H3,(H,33,38)(H,34,39)(H,35,37)/b15-12+,32-16-. The van der Waals surface area contributed by atoms with E-state index in [4.69, 9.17) is 17.4 Å². The maximum absolute atomic E-state index is 14.8. The van der Waals surface area contributed by atoms with Crippen LogP contribution in [0, 0.1) is 5.82 Å². The van der Waals surface area contributed by atoms with Crippen LogP contribution in [0.25, 0.3) is 6.08 Å². The number of nitrogens with two attached hydrogens (primary N) is 1. The zero-order chi connectivity index (χ0) is 29.1. The van der Waals surface area contributed by atoms with Crippen LogP contribution in [0.4, 0.5) is 26.2 Å². The van der Waals surface area contributed by atoms with Gasteiger partial charge in [0.15, 0.2) is 5.82 Å². The summed E-state index contributed by atoms with van der Waals surface area (Å²) in [6.07, 6.45) is 2.68. The molecule has 13 heteroatoms. The number of hydrogen-bond donors (Lipinski definition) is 4. The zero-order valence-corrected chi connectivity index (χ0v) is 21.9. The molecule has 3 aromatic carbocycles. The average Bonchev–Trinajstić information content (AvgIpc) is 2.96. The van der Waals surface area contributed by atoms with Crippen molar-refractivity contribution in [1.29, 1.82) is 0 Å². The number of anilines is 3. The van der Waals surface area contributed by atoms with E-state index in [1.807, 2.05) is 0 Å². The van der Waals surface area contributed by atoms with E-state index >= 15 is 0 Å². The highest BCUT2D eigenvalue weighted by molar-refractivity contribution is 6.31. The fourth-order valence-electron chi connectivity index (χ4n) is 3.41. The smallest absolute Gasteiger partial charge is 0.411 e. The SMILES string of the molecule is C=N/N=C\N(N)c1ccc(Cl)c(F)c1/C=C/C(=O)NC(C(=O)Nc1ccc(NC(=O)OC)cc1)c1ccccc1. The third-order valence-corrected chi connectivity index (χ3v) is 5.60. The van der Waals surface area contributed by atoms with Crippen molar-refractivity contribution in [2.45, 2.75) is 6.04 Å². The second-order valence-electron chi connectivity index (χ2n) is 7.94. The molecular formula is C27H25ClFN7O4. The van der Waals surface area contributed by atoms with E-state index in [0.717, 1.165) is 17.4 Å². The van der Waals surface area contributed by atoms with Gasteiger partial charge in [-0.25, -0.2) is 15.0 Å². The van der Waals surface area contributed by atoms with Gasteiger partial charge in [0.05, 0.1) is 17.8 Å². The van der Waals surface area contributed by atoms with Crippen molar-refractivity contribution in [3.8, 4) is 0 Å². The predicted octanol–water partition coefficient (Wildman–Crippen LogP) is 4.49. The molecule has 206 valence electrons. The van der Waals surface area contributed by atoms with Crippen LogP contribution in [-0.4, -0.2) is 38.1 Å². The van der Waals surface area contributed by atoms with Crippen LogP contribution in [0.5, 0.6) is 0 Å². The first kappa shape index (κ1) is 29.5. The highest BCUT2D eigenvalue weighted by Gasteiger charge is 2.22. The lowest BCUT2D eigenvalue weighted by atomic mass is 10.1. The average molecular weight is 566 g/mol. The van der Waals surface area contributed by atoms with Crippen molar-refractivity contribution in [2.75, 3.05) is 22.8 Å². The second kappa shape index (κ2) is 14.2. The lowest BCUT2D eigenvalue weighted by Crippen LogP contribution is -2.36. The van der Waals surface area contributed by atoms with Crippen molar-refractivity contribution in [2.24, 2.45) is 16.0 Å². The molecule has 0 aliphatic heterocycles. The molecule has 0 heterocycles. The number of halogens is 2. The van der Waals surface area contributed by atoms with Gasteiger partial charge in [-0.1, -0.05) is 41.9 Å². The molecule has 0 fully saturated rings. The number of carbonyl (C=O) groups excluding carboxylic acids is 3. The van der Waals surface area contributed by atoms with Gasteiger partial charge >= 0.3 is 6.09 Å². The van der Waals surface area contributed by atoms with Gasteiger partial charge in [-0.3, -0.25) is 19.9 Å². The minimum Gasteiger partial charge on any atom is -0.453 e. The summed E-state index contributed by atoms with van der Waals surface area (Å²) in [5.74, 6) is 3.83. The maximum Gasteiger partial charge on any atom is 0.411 e. The molecule has 3 amide bonds. The number of methoxy groups -OCH3 is 1. The largest absolute Gasteiger partial charge is 0.453 e. The molecule has 3 aromatic rings. The monoisotopic (exact) mass is 565 g/mol. The van der Waals surface area contributed by atoms with Crippen molar-refractivity contribution < 1.29 is 23.5 Å². The first-order valence-electron chi connectivity index (χ1n) is 11.5. The fourth-order valence-corrected chi connectivity index (χ4v) is 3.57.